The van der Waals surface area contributed by atoms with Crippen molar-refractivity contribution < 1.29 is 38.1 Å². The Morgan fingerprint density at radius 1 is 0.762 bits per heavy atom. The molecule has 4 aliphatic carbocycles. The van der Waals surface area contributed by atoms with E-state index in [4.69, 9.17) is 29.0 Å². The van der Waals surface area contributed by atoms with Gasteiger partial charge >= 0.3 is 18.0 Å². The summed E-state index contributed by atoms with van der Waals surface area (Å²) in [5.41, 5.74) is 4.06. The fourth-order valence-corrected chi connectivity index (χ4v) is 15.8. The molecule has 5 aromatic rings. The third-order valence-corrected chi connectivity index (χ3v) is 17.8. The van der Waals surface area contributed by atoms with E-state index in [1.807, 2.05) is 117 Å². The van der Waals surface area contributed by atoms with Gasteiger partial charge in [0.25, 0.3) is 5.91 Å². The van der Waals surface area contributed by atoms with Crippen molar-refractivity contribution in [2.75, 3.05) is 49.5 Å². The van der Waals surface area contributed by atoms with Gasteiger partial charge in [0.1, 0.15) is 22.6 Å². The Hall–Kier alpha value is -5.91. The zero-order chi connectivity index (χ0) is 57.2. The van der Waals surface area contributed by atoms with E-state index in [0.29, 0.717) is 74.4 Å². The molecule has 6 aliphatic rings. The summed E-state index contributed by atoms with van der Waals surface area (Å²) in [7, 11) is 0. The first-order valence-corrected chi connectivity index (χ1v) is 29.7. The highest BCUT2D eigenvalue weighted by molar-refractivity contribution is 7.22. The lowest BCUT2D eigenvalue weighted by molar-refractivity contribution is -0.249. The van der Waals surface area contributed by atoms with Crippen LogP contribution in [0.1, 0.15) is 172 Å². The highest BCUT2D eigenvalue weighted by Gasteiger charge is 2.66. The number of fused-ring (bicyclic) bond motifs is 2. The van der Waals surface area contributed by atoms with E-state index >= 15 is 0 Å². The predicted molar refractivity (Wildman–Crippen MR) is 312 cm³/mol. The fraction of sp³-hybridized carbons (Fsp3) is 0.603. The first-order chi connectivity index (χ1) is 37.6. The number of pyridine rings is 1. The van der Waals surface area contributed by atoms with Crippen LogP contribution in [0.15, 0.2) is 60.8 Å². The number of nitrogens with one attached hydrogen (secondary N) is 1. The van der Waals surface area contributed by atoms with Gasteiger partial charge in [0.05, 0.1) is 35.0 Å². The lowest BCUT2D eigenvalue weighted by Gasteiger charge is -2.69. The molecule has 1 saturated heterocycles. The standard InChI is InChI=1S/C63H84N8O8S/c1-41-46(44-20-21-50(66-52(44)54(74)78-58(5,6)7)70-26-22-42-16-15-17-45(47(42)33-70)53(73)67-55-65-48-18-13-14-19-49(48)80-55)32-64-71(41)40-62-35-60(11)34-61(12,36-62)38-63(37-60,39-62)76-31-30-68(29-25-51(72)77-57(2,3)4)43-23-27-69(28-24-43)56(75)79-59(8,9)10/h13-21,32,43H,22-31,33-40H2,1-12H3,(H,65,67,73)/t60?,61?,62-,63-. The van der Waals surface area contributed by atoms with Gasteiger partial charge in [-0.05, 0) is 185 Å². The van der Waals surface area contributed by atoms with Crippen molar-refractivity contribution in [2.45, 2.75) is 189 Å². The highest BCUT2D eigenvalue weighted by atomic mass is 32.1. The molecule has 11 rings (SSSR count). The Kier molecular flexibility index (Phi) is 15.4. The Morgan fingerprint density at radius 3 is 2.15 bits per heavy atom. The second-order valence-electron chi connectivity index (χ2n) is 27.7. The Labute approximate surface area is 476 Å². The lowest BCUT2D eigenvalue weighted by atomic mass is 9.39. The average Bonchev–Trinajstić information content (AvgIpc) is 3.95. The van der Waals surface area contributed by atoms with Crippen molar-refractivity contribution in [1.29, 1.82) is 0 Å². The van der Waals surface area contributed by atoms with Crippen molar-refractivity contribution in [3.8, 4) is 11.1 Å². The minimum Gasteiger partial charge on any atom is -0.460 e. The van der Waals surface area contributed by atoms with Gasteiger partial charge in [-0.3, -0.25) is 24.5 Å². The van der Waals surface area contributed by atoms with E-state index in [-0.39, 0.29) is 58.0 Å². The number of hydrogen-bond acceptors (Lipinski definition) is 14. The number of benzene rings is 2. The summed E-state index contributed by atoms with van der Waals surface area (Å²) in [6.45, 7) is 28.8. The molecule has 4 bridgehead atoms. The summed E-state index contributed by atoms with van der Waals surface area (Å²) in [6.07, 6.45) is 10.4. The summed E-state index contributed by atoms with van der Waals surface area (Å²) >= 11 is 1.45. The number of thiazole rings is 1. The number of likely N-dealkylation sites (tertiary alicyclic amines) is 1. The van der Waals surface area contributed by atoms with Crippen LogP contribution in [0, 0.1) is 23.2 Å². The Morgan fingerprint density at radius 2 is 1.46 bits per heavy atom. The second-order valence-corrected chi connectivity index (χ2v) is 28.7. The summed E-state index contributed by atoms with van der Waals surface area (Å²) < 4.78 is 28.0. The maximum absolute atomic E-state index is 14.4. The number of hydrogen-bond donors (Lipinski definition) is 1. The molecule has 4 saturated carbocycles. The van der Waals surface area contributed by atoms with Crippen molar-refractivity contribution >= 4 is 56.4 Å². The van der Waals surface area contributed by atoms with E-state index < -0.39 is 22.8 Å². The molecule has 5 fully saturated rings. The number of carbonyl (C=O) groups is 4. The minimum atomic E-state index is -0.761. The van der Waals surface area contributed by atoms with Crippen molar-refractivity contribution in [1.82, 2.24) is 29.5 Å². The molecule has 0 spiro atoms. The molecule has 2 amide bonds. The van der Waals surface area contributed by atoms with Gasteiger partial charge in [0.2, 0.25) is 0 Å². The molecule has 17 heteroatoms. The number of carbonyl (C=O) groups excluding carboxylic acids is 4. The minimum absolute atomic E-state index is 0.0675. The molecule has 3 aromatic heterocycles. The van der Waals surface area contributed by atoms with E-state index in [9.17, 15) is 19.2 Å². The Bertz CT molecular complexity index is 3100. The van der Waals surface area contributed by atoms with Crippen LogP contribution in [0.5, 0.6) is 0 Å². The molecule has 2 atom stereocenters. The summed E-state index contributed by atoms with van der Waals surface area (Å²) in [6, 6.07) is 17.9. The molecule has 2 unspecified atom stereocenters. The zero-order valence-corrected chi connectivity index (χ0v) is 50.2. The van der Waals surface area contributed by atoms with Gasteiger partial charge in [0, 0.05) is 74.2 Å². The number of nitrogens with zero attached hydrogens (tertiary/aromatic N) is 7. The maximum atomic E-state index is 14.4. The summed E-state index contributed by atoms with van der Waals surface area (Å²) in [4.78, 5) is 70.5. The molecule has 80 heavy (non-hydrogen) atoms. The fourth-order valence-electron chi connectivity index (χ4n) is 15.0. The van der Waals surface area contributed by atoms with E-state index in [2.05, 4.69) is 51.6 Å². The number of para-hydroxylation sites is 1. The predicted octanol–water partition coefficient (Wildman–Crippen LogP) is 12.2. The molecule has 2 aromatic carbocycles. The number of anilines is 2. The van der Waals surface area contributed by atoms with Gasteiger partial charge < -0.3 is 28.7 Å². The number of ether oxygens (including phenoxy) is 4. The topological polar surface area (TPSA) is 171 Å². The zero-order valence-electron chi connectivity index (χ0n) is 49.4. The third kappa shape index (κ3) is 12.9. The number of piperidine rings is 1. The van der Waals surface area contributed by atoms with Crippen LogP contribution >= 0.6 is 11.3 Å². The van der Waals surface area contributed by atoms with Crippen LogP contribution in [-0.4, -0.2) is 121 Å². The number of amides is 2. The van der Waals surface area contributed by atoms with E-state index in [1.54, 1.807) is 4.90 Å². The summed E-state index contributed by atoms with van der Waals surface area (Å²) in [5, 5.41) is 8.72. The van der Waals surface area contributed by atoms with Gasteiger partial charge in [-0.1, -0.05) is 49.4 Å². The van der Waals surface area contributed by atoms with Crippen LogP contribution < -0.4 is 10.2 Å². The molecule has 430 valence electrons. The summed E-state index contributed by atoms with van der Waals surface area (Å²) in [5.74, 6) is -0.310. The monoisotopic (exact) mass is 1110 g/mol. The third-order valence-electron chi connectivity index (χ3n) is 16.8. The molecule has 2 aliphatic heterocycles. The lowest BCUT2D eigenvalue weighted by Crippen LogP contribution is -2.64. The van der Waals surface area contributed by atoms with Gasteiger partial charge in [-0.25, -0.2) is 19.6 Å². The first-order valence-electron chi connectivity index (χ1n) is 28.9. The number of rotatable bonds is 15. The maximum Gasteiger partial charge on any atom is 0.410 e. The van der Waals surface area contributed by atoms with Crippen LogP contribution in [0.25, 0.3) is 21.3 Å². The molecule has 1 N–H and O–H groups in total. The molecular formula is C63H84N8O8S. The Balaban J connectivity index is 0.863. The quantitative estimate of drug-likeness (QED) is 0.0776. The van der Waals surface area contributed by atoms with Gasteiger partial charge in [-0.2, -0.15) is 5.10 Å². The normalized spacial score (nSPS) is 24.1. The SMILES string of the molecule is Cc1c(-c2ccc(N3CCc4cccc(C(=O)Nc5nc6ccccc6s5)c4C3)nc2C(=O)OC(C)(C)C)cnn1C[C@]12CC3(C)CC(C)(C1)C[C@](OCCN(CCC(=O)OC(C)(C)C)C1CCN(C(=O)OC(C)(C)C)CC1)(C3)C2. The van der Waals surface area contributed by atoms with Crippen molar-refractivity contribution in [2.24, 2.45) is 16.2 Å². The van der Waals surface area contributed by atoms with Gasteiger partial charge in [-0.15, -0.1) is 0 Å². The average molecular weight is 1110 g/mol. The van der Waals surface area contributed by atoms with E-state index in [0.717, 1.165) is 90.5 Å². The molecule has 0 radical (unpaired) electrons. The van der Waals surface area contributed by atoms with Crippen molar-refractivity contribution in [3.63, 3.8) is 0 Å². The van der Waals surface area contributed by atoms with Crippen LogP contribution in [0.4, 0.5) is 15.7 Å². The van der Waals surface area contributed by atoms with Crippen molar-refractivity contribution in [3.05, 3.63) is 88.9 Å². The molecule has 5 heterocycles. The van der Waals surface area contributed by atoms with Crippen LogP contribution in [0.2, 0.25) is 0 Å². The highest BCUT2D eigenvalue weighted by Crippen LogP contribution is 2.72. The number of esters is 2. The smallest absolute Gasteiger partial charge is 0.410 e. The largest absolute Gasteiger partial charge is 0.460 e. The van der Waals surface area contributed by atoms with Gasteiger partial charge in [0.15, 0.2) is 10.8 Å². The second kappa shape index (κ2) is 21.4. The van der Waals surface area contributed by atoms with Crippen LogP contribution in [0.3, 0.4) is 0 Å². The number of aromatic nitrogens is 4. The first kappa shape index (κ1) is 57.3. The van der Waals surface area contributed by atoms with E-state index in [1.165, 1.54) is 11.3 Å². The van der Waals surface area contributed by atoms with Crippen LogP contribution in [-0.2, 0) is 43.3 Å². The molecule has 16 nitrogen and oxygen atoms in total. The molecular weight excluding hydrogens is 1030 g/mol.